The molecule has 1 aromatic rings. The molecule has 2 saturated heterocycles. The van der Waals surface area contributed by atoms with Crippen LogP contribution in [-0.4, -0.2) is 37.5 Å². The van der Waals surface area contributed by atoms with Crippen molar-refractivity contribution < 1.29 is 18.3 Å². The van der Waals surface area contributed by atoms with Gasteiger partial charge in [-0.1, -0.05) is 12.1 Å². The van der Waals surface area contributed by atoms with Gasteiger partial charge in [0.15, 0.2) is 17.9 Å². The van der Waals surface area contributed by atoms with Crippen LogP contribution in [0.25, 0.3) is 0 Å². The van der Waals surface area contributed by atoms with Crippen molar-refractivity contribution in [1.29, 1.82) is 0 Å². The highest BCUT2D eigenvalue weighted by atomic mass is 19.2. The Kier molecular flexibility index (Phi) is 4.29. The third kappa shape index (κ3) is 3.00. The highest BCUT2D eigenvalue weighted by Crippen LogP contribution is 2.26. The molecule has 0 spiro atoms. The Morgan fingerprint density at radius 3 is 2.80 bits per heavy atom. The quantitative estimate of drug-likeness (QED) is 0.851. The molecular formula is C15H19F2NO2. The fourth-order valence-electron chi connectivity index (χ4n) is 3.02. The normalized spacial score (nSPS) is 25.2. The van der Waals surface area contributed by atoms with Crippen LogP contribution in [0.3, 0.4) is 0 Å². The Morgan fingerprint density at radius 1 is 1.20 bits per heavy atom. The zero-order chi connectivity index (χ0) is 13.9. The van der Waals surface area contributed by atoms with Gasteiger partial charge < -0.3 is 9.47 Å². The lowest BCUT2D eigenvalue weighted by molar-refractivity contribution is -0.101. The number of hydrogen-bond acceptors (Lipinski definition) is 3. The van der Waals surface area contributed by atoms with Gasteiger partial charge >= 0.3 is 0 Å². The van der Waals surface area contributed by atoms with E-state index in [0.29, 0.717) is 31.2 Å². The Balaban J connectivity index is 1.63. The summed E-state index contributed by atoms with van der Waals surface area (Å²) >= 11 is 0. The van der Waals surface area contributed by atoms with Crippen LogP contribution < -0.4 is 0 Å². The monoisotopic (exact) mass is 283 g/mol. The lowest BCUT2D eigenvalue weighted by atomic mass is 9.97. The molecule has 20 heavy (non-hydrogen) atoms. The SMILES string of the molecule is Fc1cccc(CN2CCCC(C3OCCO3)C2)c1F. The minimum absolute atomic E-state index is 0.129. The minimum atomic E-state index is -0.779. The topological polar surface area (TPSA) is 21.7 Å². The first-order valence-corrected chi connectivity index (χ1v) is 7.12. The maximum Gasteiger partial charge on any atom is 0.163 e. The maximum atomic E-state index is 13.7. The van der Waals surface area contributed by atoms with Crippen LogP contribution in [-0.2, 0) is 16.0 Å². The van der Waals surface area contributed by atoms with Gasteiger partial charge in [0, 0.05) is 24.6 Å². The van der Waals surface area contributed by atoms with Gasteiger partial charge in [-0.05, 0) is 25.5 Å². The van der Waals surface area contributed by atoms with Crippen molar-refractivity contribution >= 4 is 0 Å². The molecule has 2 aliphatic rings. The molecule has 1 aromatic carbocycles. The molecule has 0 aliphatic carbocycles. The number of hydrogen-bond donors (Lipinski definition) is 0. The molecule has 3 nitrogen and oxygen atoms in total. The third-order valence-corrected chi connectivity index (χ3v) is 4.00. The van der Waals surface area contributed by atoms with Crippen LogP contribution in [0, 0.1) is 17.6 Å². The zero-order valence-corrected chi connectivity index (χ0v) is 11.4. The van der Waals surface area contributed by atoms with E-state index in [4.69, 9.17) is 9.47 Å². The average molecular weight is 283 g/mol. The lowest BCUT2D eigenvalue weighted by Gasteiger charge is -2.34. The highest BCUT2D eigenvalue weighted by molar-refractivity contribution is 5.18. The van der Waals surface area contributed by atoms with Crippen LogP contribution in [0.1, 0.15) is 18.4 Å². The number of likely N-dealkylation sites (tertiary alicyclic amines) is 1. The van der Waals surface area contributed by atoms with E-state index < -0.39 is 11.6 Å². The molecule has 0 N–H and O–H groups in total. The largest absolute Gasteiger partial charge is 0.350 e. The summed E-state index contributed by atoms with van der Waals surface area (Å²) in [6.07, 6.45) is 1.97. The van der Waals surface area contributed by atoms with Crippen LogP contribution in [0.2, 0.25) is 0 Å². The number of ether oxygens (including phenoxy) is 2. The van der Waals surface area contributed by atoms with Crippen molar-refractivity contribution in [2.24, 2.45) is 5.92 Å². The van der Waals surface area contributed by atoms with E-state index in [1.807, 2.05) is 0 Å². The molecule has 1 atom stereocenters. The molecule has 3 rings (SSSR count). The van der Waals surface area contributed by atoms with Gasteiger partial charge in [-0.25, -0.2) is 8.78 Å². The summed E-state index contributed by atoms with van der Waals surface area (Å²) in [5.74, 6) is -1.19. The summed E-state index contributed by atoms with van der Waals surface area (Å²) in [6.45, 7) is 3.45. The Bertz CT molecular complexity index is 463. The summed E-state index contributed by atoms with van der Waals surface area (Å²) in [4.78, 5) is 2.15. The van der Waals surface area contributed by atoms with Gasteiger partial charge in [-0.2, -0.15) is 0 Å². The lowest BCUT2D eigenvalue weighted by Crippen LogP contribution is -2.40. The second-order valence-corrected chi connectivity index (χ2v) is 5.46. The Morgan fingerprint density at radius 2 is 2.00 bits per heavy atom. The van der Waals surface area contributed by atoms with E-state index in [2.05, 4.69) is 4.90 Å². The fourth-order valence-corrected chi connectivity index (χ4v) is 3.02. The second-order valence-electron chi connectivity index (χ2n) is 5.46. The fraction of sp³-hybridized carbons (Fsp3) is 0.600. The first kappa shape index (κ1) is 13.9. The molecule has 0 saturated carbocycles. The Hall–Kier alpha value is -1.04. The van der Waals surface area contributed by atoms with Crippen LogP contribution >= 0.6 is 0 Å². The molecule has 2 aliphatic heterocycles. The second kappa shape index (κ2) is 6.16. The summed E-state index contributed by atoms with van der Waals surface area (Å²) in [7, 11) is 0. The van der Waals surface area contributed by atoms with Gasteiger partial charge in [-0.3, -0.25) is 4.90 Å². The zero-order valence-electron chi connectivity index (χ0n) is 11.4. The summed E-state index contributed by atoms with van der Waals surface area (Å²) < 4.78 is 38.0. The number of rotatable bonds is 3. The molecule has 5 heteroatoms. The van der Waals surface area contributed by atoms with Crippen molar-refractivity contribution in [1.82, 2.24) is 4.90 Å². The van der Waals surface area contributed by atoms with E-state index in [1.165, 1.54) is 0 Å². The third-order valence-electron chi connectivity index (χ3n) is 4.00. The van der Waals surface area contributed by atoms with Gasteiger partial charge in [0.2, 0.25) is 0 Å². The predicted octanol–water partition coefficient (Wildman–Crippen LogP) is 2.55. The number of nitrogens with zero attached hydrogens (tertiary/aromatic N) is 1. The van der Waals surface area contributed by atoms with Crippen molar-refractivity contribution in [2.45, 2.75) is 25.7 Å². The molecule has 0 amide bonds. The summed E-state index contributed by atoms with van der Waals surface area (Å²) in [5.41, 5.74) is 0.416. The molecule has 2 heterocycles. The summed E-state index contributed by atoms with van der Waals surface area (Å²) in [6, 6.07) is 4.35. The number of benzene rings is 1. The molecule has 110 valence electrons. The van der Waals surface area contributed by atoms with Crippen LogP contribution in [0.4, 0.5) is 8.78 Å². The van der Waals surface area contributed by atoms with E-state index in [-0.39, 0.29) is 6.29 Å². The van der Waals surface area contributed by atoms with Crippen molar-refractivity contribution in [3.63, 3.8) is 0 Å². The van der Waals surface area contributed by atoms with Gasteiger partial charge in [-0.15, -0.1) is 0 Å². The van der Waals surface area contributed by atoms with Gasteiger partial charge in [0.25, 0.3) is 0 Å². The van der Waals surface area contributed by atoms with E-state index in [9.17, 15) is 8.78 Å². The minimum Gasteiger partial charge on any atom is -0.350 e. The van der Waals surface area contributed by atoms with Crippen molar-refractivity contribution in [3.05, 3.63) is 35.4 Å². The van der Waals surface area contributed by atoms with Crippen molar-refractivity contribution in [3.8, 4) is 0 Å². The standard InChI is InChI=1S/C15H19F2NO2/c16-13-5-1-3-11(14(13)17)9-18-6-2-4-12(10-18)15-19-7-8-20-15/h1,3,5,12,15H,2,4,6-10H2. The van der Waals surface area contributed by atoms with E-state index >= 15 is 0 Å². The number of piperidine rings is 1. The predicted molar refractivity (Wildman–Crippen MR) is 70.1 cm³/mol. The first-order valence-electron chi connectivity index (χ1n) is 7.12. The molecule has 0 radical (unpaired) electrons. The van der Waals surface area contributed by atoms with Gasteiger partial charge in [0.05, 0.1) is 13.2 Å². The average Bonchev–Trinajstić information content (AvgIpc) is 2.98. The molecular weight excluding hydrogens is 264 g/mol. The van der Waals surface area contributed by atoms with E-state index in [1.54, 1.807) is 12.1 Å². The maximum absolute atomic E-state index is 13.7. The molecule has 0 aromatic heterocycles. The van der Waals surface area contributed by atoms with Crippen LogP contribution in [0.15, 0.2) is 18.2 Å². The Labute approximate surface area is 117 Å². The molecule has 2 fully saturated rings. The molecule has 0 bridgehead atoms. The van der Waals surface area contributed by atoms with Crippen molar-refractivity contribution in [2.75, 3.05) is 26.3 Å². The highest BCUT2D eigenvalue weighted by Gasteiger charge is 2.31. The smallest absolute Gasteiger partial charge is 0.163 e. The van der Waals surface area contributed by atoms with Gasteiger partial charge in [0.1, 0.15) is 0 Å². The summed E-state index contributed by atoms with van der Waals surface area (Å²) in [5, 5.41) is 0. The first-order chi connectivity index (χ1) is 9.74. The molecule has 1 unspecified atom stereocenters. The van der Waals surface area contributed by atoms with Crippen LogP contribution in [0.5, 0.6) is 0 Å². The number of halogens is 2. The van der Waals surface area contributed by atoms with E-state index in [0.717, 1.165) is 32.0 Å².